The van der Waals surface area contributed by atoms with Crippen LogP contribution in [0.5, 0.6) is 5.75 Å². The first-order chi connectivity index (χ1) is 15.2. The topological polar surface area (TPSA) is 93.4 Å². The van der Waals surface area contributed by atoms with E-state index < -0.39 is 0 Å². The third-order valence-corrected chi connectivity index (χ3v) is 5.61. The van der Waals surface area contributed by atoms with E-state index in [0.29, 0.717) is 12.6 Å². The molecule has 8 nitrogen and oxygen atoms in total. The van der Waals surface area contributed by atoms with Gasteiger partial charge in [-0.15, -0.1) is 0 Å². The number of rotatable bonds is 7. The first kappa shape index (κ1) is 21.7. The van der Waals surface area contributed by atoms with Crippen LogP contribution in [0, 0.1) is 10.1 Å². The van der Waals surface area contributed by atoms with Crippen LogP contribution < -0.4 is 10.1 Å². The van der Waals surface area contributed by atoms with Gasteiger partial charge in [-0.3, -0.25) is 10.1 Å². The van der Waals surface area contributed by atoms with Crippen molar-refractivity contribution in [3.05, 3.63) is 69.9 Å². The number of anilines is 2. The summed E-state index contributed by atoms with van der Waals surface area (Å²) >= 11 is 0. The Morgan fingerprint density at radius 3 is 2.62 bits per heavy atom. The van der Waals surface area contributed by atoms with Gasteiger partial charge in [-0.25, -0.2) is 9.97 Å². The van der Waals surface area contributed by atoms with E-state index in [1.165, 1.54) is 0 Å². The summed E-state index contributed by atoms with van der Waals surface area (Å²) < 4.78 is 5.73. The molecule has 0 radical (unpaired) electrons. The minimum Gasteiger partial charge on any atom is -0.492 e. The summed E-state index contributed by atoms with van der Waals surface area (Å²) in [6.07, 6.45) is 2.58. The van der Waals surface area contributed by atoms with Gasteiger partial charge in [-0.05, 0) is 61.3 Å². The molecule has 1 N–H and O–H groups in total. The van der Waals surface area contributed by atoms with Crippen LogP contribution in [0.1, 0.15) is 25.0 Å². The summed E-state index contributed by atoms with van der Waals surface area (Å²) in [5.41, 5.74) is 4.31. The summed E-state index contributed by atoms with van der Waals surface area (Å²) in [6, 6.07) is 12.7. The Balaban J connectivity index is 1.58. The fourth-order valence-corrected chi connectivity index (χ4v) is 3.94. The van der Waals surface area contributed by atoms with Gasteiger partial charge in [0, 0.05) is 36.1 Å². The lowest BCUT2D eigenvalue weighted by atomic mass is 9.72. The van der Waals surface area contributed by atoms with Crippen molar-refractivity contribution in [2.24, 2.45) is 0 Å². The lowest BCUT2D eigenvalue weighted by Crippen LogP contribution is -2.26. The van der Waals surface area contributed by atoms with Crippen molar-refractivity contribution < 1.29 is 9.66 Å². The van der Waals surface area contributed by atoms with Gasteiger partial charge in [0.1, 0.15) is 12.4 Å². The van der Waals surface area contributed by atoms with E-state index in [9.17, 15) is 10.1 Å². The van der Waals surface area contributed by atoms with Crippen LogP contribution in [0.2, 0.25) is 0 Å². The van der Waals surface area contributed by atoms with Crippen LogP contribution in [0.3, 0.4) is 0 Å². The zero-order valence-corrected chi connectivity index (χ0v) is 18.8. The molecule has 1 aromatic heterocycles. The second-order valence-corrected chi connectivity index (χ2v) is 8.92. The maximum absolute atomic E-state index is 11.3. The molecule has 3 aromatic rings. The first-order valence-corrected chi connectivity index (χ1v) is 10.5. The molecule has 0 fully saturated rings. The van der Waals surface area contributed by atoms with Gasteiger partial charge in [0.2, 0.25) is 5.95 Å². The lowest BCUT2D eigenvalue weighted by Gasteiger charge is -2.33. The van der Waals surface area contributed by atoms with E-state index >= 15 is 0 Å². The number of hydrogen-bond acceptors (Lipinski definition) is 7. The van der Waals surface area contributed by atoms with Crippen molar-refractivity contribution in [3.63, 3.8) is 0 Å². The molecule has 1 aliphatic carbocycles. The quantitative estimate of drug-likeness (QED) is 0.431. The summed E-state index contributed by atoms with van der Waals surface area (Å²) in [6.45, 7) is 5.74. The number of hydrogen-bond donors (Lipinski definition) is 1. The Kier molecular flexibility index (Phi) is 5.80. The second kappa shape index (κ2) is 8.55. The van der Waals surface area contributed by atoms with E-state index in [2.05, 4.69) is 29.0 Å². The molecule has 0 aliphatic heterocycles. The van der Waals surface area contributed by atoms with Gasteiger partial charge in [0.15, 0.2) is 0 Å². The zero-order valence-electron chi connectivity index (χ0n) is 18.8. The van der Waals surface area contributed by atoms with Gasteiger partial charge >= 0.3 is 0 Å². The number of non-ortho nitro benzene ring substituents is 1. The lowest BCUT2D eigenvalue weighted by molar-refractivity contribution is -0.384. The highest BCUT2D eigenvalue weighted by Crippen LogP contribution is 2.43. The molecular formula is C24H27N5O3. The van der Waals surface area contributed by atoms with Crippen molar-refractivity contribution in [1.82, 2.24) is 14.9 Å². The highest BCUT2D eigenvalue weighted by molar-refractivity contribution is 5.75. The Labute approximate surface area is 187 Å². The molecule has 0 saturated heterocycles. The van der Waals surface area contributed by atoms with E-state index in [1.54, 1.807) is 12.1 Å². The molecule has 32 heavy (non-hydrogen) atoms. The van der Waals surface area contributed by atoms with Crippen molar-refractivity contribution in [2.75, 3.05) is 32.6 Å². The molecule has 0 bridgehead atoms. The van der Waals surface area contributed by atoms with Crippen LogP contribution in [0.25, 0.3) is 11.3 Å². The standard InChI is InChI=1S/C24H27N5O3/c1-24(2)14-16-15-25-23(26-17-5-8-19(9-6-17)32-12-11-28(3)4)27-22(16)20-13-18(29(30)31)7-10-21(20)24/h5-10,13,15H,11-12,14H2,1-4H3,(H,25,26,27). The van der Waals surface area contributed by atoms with Crippen molar-refractivity contribution in [1.29, 1.82) is 0 Å². The molecule has 0 atom stereocenters. The Morgan fingerprint density at radius 1 is 1.19 bits per heavy atom. The third-order valence-electron chi connectivity index (χ3n) is 5.61. The Hall–Kier alpha value is -3.52. The molecule has 0 saturated carbocycles. The fraction of sp³-hybridized carbons (Fsp3) is 0.333. The normalized spacial score (nSPS) is 13.9. The average molecular weight is 434 g/mol. The van der Waals surface area contributed by atoms with Crippen molar-refractivity contribution in [3.8, 4) is 17.0 Å². The van der Waals surface area contributed by atoms with E-state index in [0.717, 1.165) is 46.8 Å². The molecule has 0 spiro atoms. The molecule has 2 aromatic carbocycles. The molecular weight excluding hydrogens is 406 g/mol. The largest absolute Gasteiger partial charge is 0.492 e. The van der Waals surface area contributed by atoms with Gasteiger partial charge in [-0.1, -0.05) is 19.9 Å². The van der Waals surface area contributed by atoms with Gasteiger partial charge in [-0.2, -0.15) is 0 Å². The SMILES string of the molecule is CN(C)CCOc1ccc(Nc2ncc3c(n2)-c2cc([N+](=O)[O-])ccc2C(C)(C)C3)cc1. The molecule has 166 valence electrons. The van der Waals surface area contributed by atoms with E-state index in [-0.39, 0.29) is 16.0 Å². The molecule has 0 amide bonds. The van der Waals surface area contributed by atoms with Gasteiger partial charge in [0.25, 0.3) is 5.69 Å². The smallest absolute Gasteiger partial charge is 0.270 e. The number of nitrogens with zero attached hydrogens (tertiary/aromatic N) is 4. The minimum absolute atomic E-state index is 0.0605. The number of ether oxygens (including phenoxy) is 1. The zero-order chi connectivity index (χ0) is 22.9. The number of fused-ring (bicyclic) bond motifs is 3. The highest BCUT2D eigenvalue weighted by atomic mass is 16.6. The van der Waals surface area contributed by atoms with Crippen LogP contribution >= 0.6 is 0 Å². The fourth-order valence-electron chi connectivity index (χ4n) is 3.94. The number of aromatic nitrogens is 2. The van der Waals surface area contributed by atoms with Crippen LogP contribution in [0.15, 0.2) is 48.7 Å². The number of nitro groups is 1. The maximum Gasteiger partial charge on any atom is 0.270 e. The molecule has 1 heterocycles. The number of likely N-dealkylation sites (N-methyl/N-ethyl adjacent to an activating group) is 1. The van der Waals surface area contributed by atoms with Crippen LogP contribution in [0.4, 0.5) is 17.3 Å². The van der Waals surface area contributed by atoms with E-state index in [1.807, 2.05) is 50.6 Å². The highest BCUT2D eigenvalue weighted by Gasteiger charge is 2.33. The summed E-state index contributed by atoms with van der Waals surface area (Å²) in [7, 11) is 4.01. The summed E-state index contributed by atoms with van der Waals surface area (Å²) in [5.74, 6) is 1.24. The van der Waals surface area contributed by atoms with Gasteiger partial charge in [0.05, 0.1) is 10.6 Å². The third kappa shape index (κ3) is 4.55. The molecule has 1 aliphatic rings. The number of nitrogens with one attached hydrogen (secondary N) is 1. The van der Waals surface area contributed by atoms with Crippen molar-refractivity contribution >= 4 is 17.3 Å². The Morgan fingerprint density at radius 2 is 1.94 bits per heavy atom. The summed E-state index contributed by atoms with van der Waals surface area (Å²) in [4.78, 5) is 22.2. The van der Waals surface area contributed by atoms with Crippen LogP contribution in [-0.4, -0.2) is 47.0 Å². The predicted molar refractivity (Wildman–Crippen MR) is 125 cm³/mol. The minimum atomic E-state index is -0.371. The Bertz CT molecular complexity index is 1140. The number of nitro benzene ring substituents is 1. The average Bonchev–Trinajstić information content (AvgIpc) is 2.74. The number of benzene rings is 2. The second-order valence-electron chi connectivity index (χ2n) is 8.92. The summed E-state index contributed by atoms with van der Waals surface area (Å²) in [5, 5.41) is 14.6. The monoisotopic (exact) mass is 433 g/mol. The maximum atomic E-state index is 11.3. The molecule has 0 unspecified atom stereocenters. The van der Waals surface area contributed by atoms with Crippen molar-refractivity contribution in [2.45, 2.75) is 25.7 Å². The van der Waals surface area contributed by atoms with Gasteiger partial charge < -0.3 is 15.0 Å². The first-order valence-electron chi connectivity index (χ1n) is 10.5. The van der Waals surface area contributed by atoms with E-state index in [4.69, 9.17) is 9.72 Å². The molecule has 4 rings (SSSR count). The molecule has 8 heteroatoms. The van der Waals surface area contributed by atoms with Crippen LogP contribution in [-0.2, 0) is 11.8 Å². The predicted octanol–water partition coefficient (Wildman–Crippen LogP) is 4.57.